The molecule has 0 fully saturated rings. The van der Waals surface area contributed by atoms with Gasteiger partial charge in [-0.2, -0.15) is 0 Å². The zero-order chi connectivity index (χ0) is 29.0. The summed E-state index contributed by atoms with van der Waals surface area (Å²) < 4.78 is 43.1. The molecule has 10 heteroatoms. The molecule has 0 aliphatic heterocycles. The number of hydrogen-bond donors (Lipinski definition) is 1. The Morgan fingerprint density at radius 1 is 1.00 bits per heavy atom. The Hall–Kier alpha value is -3.43. The van der Waals surface area contributed by atoms with Crippen LogP contribution in [0.15, 0.2) is 77.7 Å². The fourth-order valence-corrected chi connectivity index (χ4v) is 5.45. The van der Waals surface area contributed by atoms with Gasteiger partial charge in [-0.15, -0.1) is 0 Å². The Kier molecular flexibility index (Phi) is 9.40. The van der Waals surface area contributed by atoms with E-state index in [0.717, 1.165) is 9.87 Å². The summed E-state index contributed by atoms with van der Waals surface area (Å²) in [5.74, 6) is -1.69. The molecule has 0 saturated carbocycles. The first-order valence-corrected chi connectivity index (χ1v) is 14.2. The first-order valence-electron chi connectivity index (χ1n) is 12.4. The van der Waals surface area contributed by atoms with E-state index in [4.69, 9.17) is 11.6 Å². The van der Waals surface area contributed by atoms with Crippen molar-refractivity contribution in [1.29, 1.82) is 0 Å². The van der Waals surface area contributed by atoms with Gasteiger partial charge in [0.15, 0.2) is 0 Å². The van der Waals surface area contributed by atoms with Crippen LogP contribution in [0, 0.1) is 12.7 Å². The van der Waals surface area contributed by atoms with Gasteiger partial charge in [-0.25, -0.2) is 12.8 Å². The number of carbonyl (C=O) groups is 2. The molecule has 1 N–H and O–H groups in total. The molecule has 0 bridgehead atoms. The molecule has 0 unspecified atom stereocenters. The second-order valence-electron chi connectivity index (χ2n) is 10.3. The van der Waals surface area contributed by atoms with Gasteiger partial charge in [0.1, 0.15) is 18.4 Å². The molecule has 3 aromatic carbocycles. The molecule has 2 amide bonds. The van der Waals surface area contributed by atoms with Gasteiger partial charge in [0, 0.05) is 22.7 Å². The number of nitrogens with zero attached hydrogens (tertiary/aromatic N) is 2. The van der Waals surface area contributed by atoms with Gasteiger partial charge in [-0.3, -0.25) is 13.9 Å². The first-order chi connectivity index (χ1) is 18.2. The van der Waals surface area contributed by atoms with Gasteiger partial charge in [0.05, 0.1) is 10.6 Å². The maximum atomic E-state index is 14.6. The number of hydrogen-bond acceptors (Lipinski definition) is 4. The van der Waals surface area contributed by atoms with E-state index in [2.05, 4.69) is 5.32 Å². The third kappa shape index (κ3) is 7.58. The summed E-state index contributed by atoms with van der Waals surface area (Å²) in [6.07, 6.45) is 0. The lowest BCUT2D eigenvalue weighted by Gasteiger charge is -2.33. The molecule has 0 radical (unpaired) electrons. The van der Waals surface area contributed by atoms with Crippen LogP contribution in [0.4, 0.5) is 10.1 Å². The highest BCUT2D eigenvalue weighted by molar-refractivity contribution is 7.92. The number of carbonyl (C=O) groups excluding carboxylic acids is 2. The Bertz CT molecular complexity index is 1440. The van der Waals surface area contributed by atoms with Crippen molar-refractivity contribution in [2.75, 3.05) is 10.8 Å². The minimum Gasteiger partial charge on any atom is -0.350 e. The van der Waals surface area contributed by atoms with Crippen molar-refractivity contribution in [3.63, 3.8) is 0 Å². The molecule has 39 heavy (non-hydrogen) atoms. The third-order valence-electron chi connectivity index (χ3n) is 6.02. The molecule has 3 aromatic rings. The summed E-state index contributed by atoms with van der Waals surface area (Å²) in [7, 11) is -4.22. The van der Waals surface area contributed by atoms with E-state index in [-0.39, 0.29) is 22.7 Å². The highest BCUT2D eigenvalue weighted by Gasteiger charge is 2.33. The lowest BCUT2D eigenvalue weighted by molar-refractivity contribution is -0.140. The number of amides is 2. The van der Waals surface area contributed by atoms with E-state index in [1.54, 1.807) is 64.1 Å². The average molecular weight is 574 g/mol. The monoisotopic (exact) mass is 573 g/mol. The van der Waals surface area contributed by atoms with Crippen molar-refractivity contribution >= 4 is 39.1 Å². The summed E-state index contributed by atoms with van der Waals surface area (Å²) in [5, 5.41) is 3.16. The number of rotatable bonds is 9. The Morgan fingerprint density at radius 2 is 1.62 bits per heavy atom. The standard InChI is InChI=1S/C29H33ClFN3O4S/c1-20-15-16-23(17-25(20)30)34(39(37,38)24-12-7-6-8-13-24)19-27(35)33(18-22-11-9-10-14-26(22)31)21(2)28(36)32-29(3,4)5/h6-17,21H,18-19H2,1-5H3,(H,32,36)/t21-/m0/s1. The highest BCUT2D eigenvalue weighted by Crippen LogP contribution is 2.28. The summed E-state index contributed by atoms with van der Waals surface area (Å²) in [4.78, 5) is 28.1. The SMILES string of the molecule is Cc1ccc(N(CC(=O)N(Cc2ccccc2F)[C@@H](C)C(=O)NC(C)(C)C)S(=O)(=O)c2ccccc2)cc1Cl. The quantitative estimate of drug-likeness (QED) is 0.376. The van der Waals surface area contributed by atoms with Gasteiger partial charge in [-0.05, 0) is 70.5 Å². The van der Waals surface area contributed by atoms with Crippen LogP contribution in [0.5, 0.6) is 0 Å². The molecule has 0 saturated heterocycles. The summed E-state index contributed by atoms with van der Waals surface area (Å²) in [6, 6.07) is 17.3. The Balaban J connectivity index is 2.06. The molecular formula is C29H33ClFN3O4S. The van der Waals surface area contributed by atoms with E-state index in [1.807, 2.05) is 0 Å². The molecule has 7 nitrogen and oxygen atoms in total. The predicted molar refractivity (Wildman–Crippen MR) is 151 cm³/mol. The molecule has 0 aliphatic rings. The summed E-state index contributed by atoms with van der Waals surface area (Å²) in [6.45, 7) is 7.83. The number of benzene rings is 3. The fourth-order valence-electron chi connectivity index (χ4n) is 3.85. The van der Waals surface area contributed by atoms with E-state index >= 15 is 0 Å². The zero-order valence-corrected chi connectivity index (χ0v) is 24.2. The molecule has 1 atom stereocenters. The lowest BCUT2D eigenvalue weighted by atomic mass is 10.1. The maximum Gasteiger partial charge on any atom is 0.264 e. The molecule has 0 aliphatic carbocycles. The maximum absolute atomic E-state index is 14.6. The van der Waals surface area contributed by atoms with E-state index < -0.39 is 45.8 Å². The smallest absolute Gasteiger partial charge is 0.264 e. The topological polar surface area (TPSA) is 86.8 Å². The van der Waals surface area contributed by atoms with Gasteiger partial charge < -0.3 is 10.2 Å². The largest absolute Gasteiger partial charge is 0.350 e. The van der Waals surface area contributed by atoms with Crippen molar-refractivity contribution in [3.8, 4) is 0 Å². The van der Waals surface area contributed by atoms with Gasteiger partial charge in [0.2, 0.25) is 11.8 Å². The van der Waals surface area contributed by atoms with Crippen LogP contribution in [-0.2, 0) is 26.2 Å². The third-order valence-corrected chi connectivity index (χ3v) is 8.21. The molecule has 0 spiro atoms. The Morgan fingerprint density at radius 3 is 2.21 bits per heavy atom. The van der Waals surface area contributed by atoms with E-state index in [1.165, 1.54) is 48.2 Å². The zero-order valence-electron chi connectivity index (χ0n) is 22.6. The summed E-state index contributed by atoms with van der Waals surface area (Å²) in [5.41, 5.74) is 0.523. The van der Waals surface area contributed by atoms with Gasteiger partial charge >= 0.3 is 0 Å². The normalized spacial score (nSPS) is 12.5. The van der Waals surface area contributed by atoms with Gasteiger partial charge in [-0.1, -0.05) is 54.1 Å². The lowest BCUT2D eigenvalue weighted by Crippen LogP contribution is -2.54. The predicted octanol–water partition coefficient (Wildman–Crippen LogP) is 5.31. The summed E-state index contributed by atoms with van der Waals surface area (Å²) >= 11 is 6.32. The van der Waals surface area contributed by atoms with Crippen molar-refractivity contribution in [2.45, 2.75) is 57.6 Å². The van der Waals surface area contributed by atoms with Crippen LogP contribution < -0.4 is 9.62 Å². The van der Waals surface area contributed by atoms with Crippen LogP contribution in [0.25, 0.3) is 0 Å². The van der Waals surface area contributed by atoms with Crippen LogP contribution >= 0.6 is 11.6 Å². The number of halogens is 2. The number of sulfonamides is 1. The second-order valence-corrected chi connectivity index (χ2v) is 12.6. The van der Waals surface area contributed by atoms with Crippen molar-refractivity contribution in [1.82, 2.24) is 10.2 Å². The van der Waals surface area contributed by atoms with Crippen LogP contribution in [0.1, 0.15) is 38.8 Å². The molecule has 0 heterocycles. The molecule has 208 valence electrons. The minimum absolute atomic E-state index is 0.0197. The van der Waals surface area contributed by atoms with Crippen LogP contribution in [-0.4, -0.2) is 43.3 Å². The first kappa shape index (κ1) is 30.1. The minimum atomic E-state index is -4.22. The molecule has 3 rings (SSSR count). The average Bonchev–Trinajstić information content (AvgIpc) is 2.87. The molecular weight excluding hydrogens is 541 g/mol. The van der Waals surface area contributed by atoms with Crippen molar-refractivity contribution < 1.29 is 22.4 Å². The van der Waals surface area contributed by atoms with E-state index in [0.29, 0.717) is 5.02 Å². The Labute approximate surface area is 234 Å². The fraction of sp³-hybridized carbons (Fsp3) is 0.310. The highest BCUT2D eigenvalue weighted by atomic mass is 35.5. The number of aryl methyl sites for hydroxylation is 1. The van der Waals surface area contributed by atoms with Crippen LogP contribution in [0.3, 0.4) is 0 Å². The van der Waals surface area contributed by atoms with Gasteiger partial charge in [0.25, 0.3) is 10.0 Å². The van der Waals surface area contributed by atoms with Crippen LogP contribution in [0.2, 0.25) is 5.02 Å². The molecule has 0 aromatic heterocycles. The van der Waals surface area contributed by atoms with Crippen molar-refractivity contribution in [2.24, 2.45) is 0 Å². The number of nitrogens with one attached hydrogen (secondary N) is 1. The van der Waals surface area contributed by atoms with E-state index in [9.17, 15) is 22.4 Å². The van der Waals surface area contributed by atoms with Crippen molar-refractivity contribution in [3.05, 3.63) is 94.8 Å². The number of anilines is 1. The second kappa shape index (κ2) is 12.2.